The van der Waals surface area contributed by atoms with E-state index < -0.39 is 36.2 Å². The molecule has 0 aliphatic carbocycles. The molecule has 0 bridgehead atoms. The zero-order valence-electron chi connectivity index (χ0n) is 15.1. The summed E-state index contributed by atoms with van der Waals surface area (Å²) in [6.45, 7) is 1.66. The van der Waals surface area contributed by atoms with Gasteiger partial charge in [-0.05, 0) is 24.1 Å². The van der Waals surface area contributed by atoms with Crippen molar-refractivity contribution >= 4 is 17.5 Å². The largest absolute Gasteiger partial charge is 0.466 e. The van der Waals surface area contributed by atoms with E-state index in [9.17, 15) is 22.8 Å². The molecule has 28 heavy (non-hydrogen) atoms. The van der Waals surface area contributed by atoms with Crippen molar-refractivity contribution in [3.05, 3.63) is 77.9 Å². The lowest BCUT2D eigenvalue weighted by atomic mass is 10.0. The monoisotopic (exact) mass is 392 g/mol. The number of halogens is 3. The molecule has 0 N–H and O–H groups in total. The van der Waals surface area contributed by atoms with Crippen LogP contribution in [0.1, 0.15) is 30.6 Å². The Labute approximate surface area is 160 Å². The molecule has 0 saturated heterocycles. The van der Waals surface area contributed by atoms with Crippen LogP contribution in [0, 0.1) is 0 Å². The maximum atomic E-state index is 13.6. The summed E-state index contributed by atoms with van der Waals surface area (Å²) in [5.74, 6) is -1.78. The van der Waals surface area contributed by atoms with Gasteiger partial charge < -0.3 is 9.47 Å². The second-order valence-electron chi connectivity index (χ2n) is 5.75. The summed E-state index contributed by atoms with van der Waals surface area (Å²) < 4.78 is 50.8. The number of ether oxygens (including phenoxy) is 2. The van der Waals surface area contributed by atoms with Gasteiger partial charge in [0, 0.05) is 0 Å². The van der Waals surface area contributed by atoms with Gasteiger partial charge in [-0.25, -0.2) is 0 Å². The van der Waals surface area contributed by atoms with E-state index in [0.717, 1.165) is 6.08 Å². The van der Waals surface area contributed by atoms with Crippen LogP contribution in [-0.2, 0) is 19.1 Å². The van der Waals surface area contributed by atoms with Crippen LogP contribution in [0.15, 0.2) is 66.7 Å². The van der Waals surface area contributed by atoms with Crippen molar-refractivity contribution in [3.8, 4) is 0 Å². The van der Waals surface area contributed by atoms with Crippen LogP contribution >= 0.6 is 0 Å². The molecule has 0 spiro atoms. The van der Waals surface area contributed by atoms with E-state index in [1.54, 1.807) is 31.2 Å². The van der Waals surface area contributed by atoms with E-state index >= 15 is 0 Å². The molecule has 0 amide bonds. The highest BCUT2D eigenvalue weighted by Crippen LogP contribution is 2.36. The Kier molecular flexibility index (Phi) is 7.37. The number of hydrogen-bond acceptors (Lipinski definition) is 4. The molecular weight excluding hydrogens is 373 g/mol. The van der Waals surface area contributed by atoms with Crippen molar-refractivity contribution < 1.29 is 32.2 Å². The van der Waals surface area contributed by atoms with Gasteiger partial charge in [-0.3, -0.25) is 9.59 Å². The zero-order chi connectivity index (χ0) is 20.6. The molecule has 0 aliphatic heterocycles. The summed E-state index contributed by atoms with van der Waals surface area (Å²) in [5.41, 5.74) is -0.652. The minimum atomic E-state index is -4.66. The van der Waals surface area contributed by atoms with Gasteiger partial charge in [0.1, 0.15) is 12.5 Å². The SMILES string of the molecule is CCOC(=O)CC(=O)OC(/C=C(\c1ccccc1)C(F)(F)F)c1ccccc1. The van der Waals surface area contributed by atoms with Crippen LogP contribution in [0.2, 0.25) is 0 Å². The van der Waals surface area contributed by atoms with Crippen LogP contribution < -0.4 is 0 Å². The molecule has 0 fully saturated rings. The van der Waals surface area contributed by atoms with Gasteiger partial charge in [0.05, 0.1) is 12.2 Å². The number of carbonyl (C=O) groups excluding carboxylic acids is 2. The van der Waals surface area contributed by atoms with Gasteiger partial charge in [-0.2, -0.15) is 13.2 Å². The topological polar surface area (TPSA) is 52.6 Å². The van der Waals surface area contributed by atoms with Gasteiger partial charge in [-0.15, -0.1) is 0 Å². The minimum Gasteiger partial charge on any atom is -0.466 e. The molecule has 0 aromatic heterocycles. The molecule has 0 radical (unpaired) electrons. The highest BCUT2D eigenvalue weighted by molar-refractivity contribution is 5.91. The molecule has 0 heterocycles. The third kappa shape index (κ3) is 6.26. The Hall–Kier alpha value is -3.09. The first kappa shape index (κ1) is 21.2. The Balaban J connectivity index is 2.39. The van der Waals surface area contributed by atoms with Crippen molar-refractivity contribution in [1.82, 2.24) is 0 Å². The predicted octanol–water partition coefficient (Wildman–Crippen LogP) is 4.87. The van der Waals surface area contributed by atoms with Crippen LogP contribution in [-0.4, -0.2) is 24.7 Å². The molecule has 2 aromatic carbocycles. The molecule has 7 heteroatoms. The minimum absolute atomic E-state index is 0.0580. The second-order valence-corrected chi connectivity index (χ2v) is 5.75. The van der Waals surface area contributed by atoms with E-state index in [2.05, 4.69) is 4.74 Å². The predicted molar refractivity (Wildman–Crippen MR) is 97.0 cm³/mol. The van der Waals surface area contributed by atoms with E-state index in [1.165, 1.54) is 36.4 Å². The van der Waals surface area contributed by atoms with Gasteiger partial charge in [0.25, 0.3) is 0 Å². The Morgan fingerprint density at radius 3 is 2.07 bits per heavy atom. The summed E-state index contributed by atoms with van der Waals surface area (Å²) in [4.78, 5) is 23.5. The average molecular weight is 392 g/mol. The van der Waals surface area contributed by atoms with E-state index in [1.807, 2.05) is 0 Å². The fraction of sp³-hybridized carbons (Fsp3) is 0.238. The summed E-state index contributed by atoms with van der Waals surface area (Å²) in [7, 11) is 0. The molecule has 0 aliphatic rings. The number of hydrogen-bond donors (Lipinski definition) is 0. The third-order valence-electron chi connectivity index (χ3n) is 3.69. The van der Waals surface area contributed by atoms with Gasteiger partial charge in [0.15, 0.2) is 0 Å². The van der Waals surface area contributed by atoms with E-state index in [-0.39, 0.29) is 12.2 Å². The summed E-state index contributed by atoms with van der Waals surface area (Å²) in [5, 5.41) is 0. The maximum Gasteiger partial charge on any atom is 0.416 e. The van der Waals surface area contributed by atoms with Crippen LogP contribution in [0.4, 0.5) is 13.2 Å². The standard InChI is InChI=1S/C21H19F3O4/c1-2-27-19(25)14-20(26)28-18(16-11-7-4-8-12-16)13-17(21(22,23)24)15-9-5-3-6-10-15/h3-13,18H,2,14H2,1H3/b17-13+. The second kappa shape index (κ2) is 9.73. The fourth-order valence-corrected chi connectivity index (χ4v) is 2.48. The molecule has 1 unspecified atom stereocenters. The number of benzene rings is 2. The smallest absolute Gasteiger partial charge is 0.416 e. The van der Waals surface area contributed by atoms with Crippen molar-refractivity contribution in [2.75, 3.05) is 6.61 Å². The Morgan fingerprint density at radius 1 is 0.964 bits per heavy atom. The van der Waals surface area contributed by atoms with E-state index in [4.69, 9.17) is 4.74 Å². The molecule has 2 rings (SSSR count). The fourth-order valence-electron chi connectivity index (χ4n) is 2.48. The lowest BCUT2D eigenvalue weighted by molar-refractivity contribution is -0.156. The number of alkyl halides is 3. The van der Waals surface area contributed by atoms with Crippen LogP contribution in [0.3, 0.4) is 0 Å². The molecule has 4 nitrogen and oxygen atoms in total. The molecule has 2 aromatic rings. The summed E-state index contributed by atoms with van der Waals surface area (Å²) >= 11 is 0. The van der Waals surface area contributed by atoms with Gasteiger partial charge in [-0.1, -0.05) is 60.7 Å². The zero-order valence-corrected chi connectivity index (χ0v) is 15.1. The van der Waals surface area contributed by atoms with Crippen LogP contribution in [0.5, 0.6) is 0 Å². The van der Waals surface area contributed by atoms with Gasteiger partial charge in [0.2, 0.25) is 0 Å². The quantitative estimate of drug-likeness (QED) is 0.498. The maximum absolute atomic E-state index is 13.6. The first-order valence-corrected chi connectivity index (χ1v) is 8.55. The van der Waals surface area contributed by atoms with Crippen molar-refractivity contribution in [1.29, 1.82) is 0 Å². The molecule has 0 saturated carbocycles. The van der Waals surface area contributed by atoms with Crippen LogP contribution in [0.25, 0.3) is 5.57 Å². The lowest BCUT2D eigenvalue weighted by Crippen LogP contribution is -2.18. The highest BCUT2D eigenvalue weighted by Gasteiger charge is 2.36. The van der Waals surface area contributed by atoms with Gasteiger partial charge >= 0.3 is 18.1 Å². The number of allylic oxidation sites excluding steroid dienone is 1. The molecular formula is C21H19F3O4. The molecule has 1 atom stereocenters. The van der Waals surface area contributed by atoms with Crippen molar-refractivity contribution in [3.63, 3.8) is 0 Å². The Morgan fingerprint density at radius 2 is 1.54 bits per heavy atom. The first-order chi connectivity index (χ1) is 13.3. The van der Waals surface area contributed by atoms with Crippen molar-refractivity contribution in [2.24, 2.45) is 0 Å². The third-order valence-corrected chi connectivity index (χ3v) is 3.69. The van der Waals surface area contributed by atoms with Crippen molar-refractivity contribution in [2.45, 2.75) is 25.6 Å². The highest BCUT2D eigenvalue weighted by atomic mass is 19.4. The summed E-state index contributed by atoms with van der Waals surface area (Å²) in [6.07, 6.45) is -5.83. The summed E-state index contributed by atoms with van der Waals surface area (Å²) in [6, 6.07) is 15.2. The molecule has 148 valence electrons. The lowest BCUT2D eigenvalue weighted by Gasteiger charge is -2.19. The number of esters is 2. The number of rotatable bonds is 7. The first-order valence-electron chi connectivity index (χ1n) is 8.55. The number of carbonyl (C=O) groups is 2. The normalized spacial score (nSPS) is 12.9. The Bertz CT molecular complexity index is 815. The van der Waals surface area contributed by atoms with E-state index in [0.29, 0.717) is 5.56 Å². The average Bonchev–Trinajstić information content (AvgIpc) is 2.65.